The highest BCUT2D eigenvalue weighted by molar-refractivity contribution is 7.89. The smallest absolute Gasteiger partial charge is 0.343 e. The third-order valence-corrected chi connectivity index (χ3v) is 12.0. The van der Waals surface area contributed by atoms with Crippen molar-refractivity contribution in [3.63, 3.8) is 0 Å². The molecule has 0 aliphatic heterocycles. The first kappa shape index (κ1) is 52.4. The third kappa shape index (κ3) is 14.8. The van der Waals surface area contributed by atoms with Crippen molar-refractivity contribution in [2.75, 3.05) is 13.2 Å². The summed E-state index contributed by atoms with van der Waals surface area (Å²) in [6, 6.07) is 27.5. The molecule has 0 fully saturated rings. The van der Waals surface area contributed by atoms with Gasteiger partial charge in [0.15, 0.2) is 0 Å². The maximum atomic E-state index is 13.0. The molecule has 368 valence electrons. The van der Waals surface area contributed by atoms with Crippen molar-refractivity contribution in [1.82, 2.24) is 0 Å². The molecule has 0 heterocycles. The highest BCUT2D eigenvalue weighted by Gasteiger charge is 2.23. The van der Waals surface area contributed by atoms with E-state index >= 15 is 0 Å². The number of aromatic hydroxyl groups is 1. The molecule has 0 radical (unpaired) electrons. The number of phenolic OH excluding ortho intramolecular Hbond substituents is 1. The number of benzene rings is 6. The molecule has 0 unspecified atom stereocenters. The van der Waals surface area contributed by atoms with Crippen LogP contribution in [-0.2, 0) is 42.8 Å². The SMILES string of the molecule is C=CC(=O)OCCCCCCOc1ccc(C(=O)Oc2ccc(N=Nc3ccc(-c4ccc(N=Nc5ccc(OC(=O)c6ccc(O)cc6)c(CO)c5)cc4S(N)(=O)=O)c(S(N)(=O)=O)c3)cc2CO)cc1. The van der Waals surface area contributed by atoms with Crippen molar-refractivity contribution in [1.29, 1.82) is 0 Å². The lowest BCUT2D eigenvalue weighted by Gasteiger charge is -2.13. The molecule has 71 heavy (non-hydrogen) atoms. The molecule has 6 aromatic rings. The summed E-state index contributed by atoms with van der Waals surface area (Å²) in [5, 5.41) is 57.2. The number of ether oxygens (including phenoxy) is 4. The molecule has 0 aromatic heterocycles. The molecular formula is C49H46N6O14S2. The Kier molecular flexibility index (Phi) is 17.7. The van der Waals surface area contributed by atoms with Crippen LogP contribution in [0.15, 0.2) is 164 Å². The van der Waals surface area contributed by atoms with E-state index in [1.807, 2.05) is 0 Å². The van der Waals surface area contributed by atoms with E-state index in [-0.39, 0.29) is 73.4 Å². The largest absolute Gasteiger partial charge is 0.508 e. The Bertz CT molecular complexity index is 3220. The molecule has 0 saturated carbocycles. The zero-order chi connectivity index (χ0) is 51.1. The predicted octanol–water partition coefficient (Wildman–Crippen LogP) is 8.28. The molecule has 20 nitrogen and oxygen atoms in total. The number of unbranched alkanes of at least 4 members (excludes halogenated alkanes) is 3. The maximum Gasteiger partial charge on any atom is 0.343 e. The summed E-state index contributed by atoms with van der Waals surface area (Å²) >= 11 is 0. The van der Waals surface area contributed by atoms with Crippen LogP contribution in [0.1, 0.15) is 57.5 Å². The van der Waals surface area contributed by atoms with Crippen LogP contribution in [0.4, 0.5) is 22.7 Å². The van der Waals surface area contributed by atoms with Crippen LogP contribution >= 0.6 is 0 Å². The lowest BCUT2D eigenvalue weighted by atomic mass is 10.0. The van der Waals surface area contributed by atoms with Gasteiger partial charge in [0.1, 0.15) is 23.0 Å². The van der Waals surface area contributed by atoms with Gasteiger partial charge in [-0.05, 0) is 135 Å². The number of primary sulfonamides is 2. The van der Waals surface area contributed by atoms with Crippen molar-refractivity contribution in [2.24, 2.45) is 30.7 Å². The van der Waals surface area contributed by atoms with Crippen LogP contribution in [0.3, 0.4) is 0 Å². The number of carbonyl (C=O) groups excluding carboxylic acids is 3. The Labute approximate surface area is 407 Å². The molecule has 0 bridgehead atoms. The molecule has 0 amide bonds. The Hall–Kier alpha value is -7.99. The first-order valence-electron chi connectivity index (χ1n) is 21.4. The molecule has 6 aromatic carbocycles. The minimum atomic E-state index is -4.55. The molecule has 6 rings (SSSR count). The molecule has 7 N–H and O–H groups in total. The molecule has 0 aliphatic rings. The molecule has 0 aliphatic carbocycles. The number of hydrogen-bond acceptors (Lipinski definition) is 18. The standard InChI is InChI=1S/C49H46N6O14S2/c1-2-47(59)67-24-6-4-3-5-23-66-40-17-9-32(10-18-40)49(61)69-44-22-14-36(26-34(44)30-57)53-55-38-12-20-42(46(28-38)71(51,64)65)41-19-11-37(27-45(41)70(50,62)63)54-52-35-13-21-43(33(25-35)29-56)68-48(60)31-7-15-39(58)16-8-31/h2,7-22,25-28,56-58H,1,3-6,23-24,29-30H2,(H2,50,62,63)(H2,51,64,65). The van der Waals surface area contributed by atoms with E-state index in [1.54, 1.807) is 12.1 Å². The van der Waals surface area contributed by atoms with Crippen LogP contribution < -0.4 is 24.5 Å². The first-order valence-corrected chi connectivity index (χ1v) is 24.5. The van der Waals surface area contributed by atoms with Gasteiger partial charge in [0.05, 0.1) is 70.1 Å². The second-order valence-electron chi connectivity index (χ2n) is 15.2. The van der Waals surface area contributed by atoms with E-state index in [2.05, 4.69) is 27.0 Å². The van der Waals surface area contributed by atoms with E-state index < -0.39 is 61.0 Å². The Morgan fingerprint density at radius 3 is 1.38 bits per heavy atom. The molecule has 0 atom stereocenters. The second kappa shape index (κ2) is 24.0. The number of nitrogens with two attached hydrogens (primary N) is 2. The number of azo groups is 2. The Balaban J connectivity index is 1.12. The number of aliphatic hydroxyl groups excluding tert-OH is 2. The molecule has 0 spiro atoms. The number of phenols is 1. The lowest BCUT2D eigenvalue weighted by molar-refractivity contribution is -0.137. The summed E-state index contributed by atoms with van der Waals surface area (Å²) in [5.41, 5.74) is 0.783. The third-order valence-electron chi connectivity index (χ3n) is 10.1. The number of sulfonamides is 2. The minimum Gasteiger partial charge on any atom is -0.508 e. The average molecular weight is 1010 g/mol. The van der Waals surface area contributed by atoms with E-state index in [9.17, 15) is 46.5 Å². The van der Waals surface area contributed by atoms with E-state index in [0.717, 1.165) is 43.9 Å². The summed E-state index contributed by atoms with van der Waals surface area (Å²) in [5.74, 6) is -1.30. The lowest BCUT2D eigenvalue weighted by Crippen LogP contribution is -2.16. The summed E-state index contributed by atoms with van der Waals surface area (Å²) in [7, 11) is -9.10. The molecule has 22 heteroatoms. The number of rotatable bonds is 22. The maximum absolute atomic E-state index is 13.0. The van der Waals surface area contributed by atoms with E-state index in [4.69, 9.17) is 29.2 Å². The monoisotopic (exact) mass is 1010 g/mol. The van der Waals surface area contributed by atoms with Crippen LogP contribution in [0.25, 0.3) is 11.1 Å². The summed E-state index contributed by atoms with van der Waals surface area (Å²) in [6.45, 7) is 3.05. The van der Waals surface area contributed by atoms with E-state index in [1.165, 1.54) is 97.1 Å². The van der Waals surface area contributed by atoms with Gasteiger partial charge in [-0.3, -0.25) is 0 Å². The van der Waals surface area contributed by atoms with Gasteiger partial charge in [-0.2, -0.15) is 20.5 Å². The topological polar surface area (TPSA) is 319 Å². The predicted molar refractivity (Wildman–Crippen MR) is 257 cm³/mol. The first-order chi connectivity index (χ1) is 33.9. The van der Waals surface area contributed by atoms with Crippen LogP contribution in [-0.4, -0.2) is 63.3 Å². The number of aliphatic hydroxyl groups is 2. The summed E-state index contributed by atoms with van der Waals surface area (Å²) in [6.07, 6.45) is 4.38. The zero-order valence-electron chi connectivity index (χ0n) is 37.6. The number of carbonyl (C=O) groups is 3. The zero-order valence-corrected chi connectivity index (χ0v) is 39.2. The van der Waals surface area contributed by atoms with Gasteiger partial charge in [-0.15, -0.1) is 0 Å². The fraction of sp³-hybridized carbons (Fsp3) is 0.163. The van der Waals surface area contributed by atoms with Gasteiger partial charge in [-0.1, -0.05) is 18.7 Å². The van der Waals surface area contributed by atoms with Gasteiger partial charge < -0.3 is 34.3 Å². The minimum absolute atomic E-state index is 0.0130. The van der Waals surface area contributed by atoms with Gasteiger partial charge in [0.25, 0.3) is 0 Å². The van der Waals surface area contributed by atoms with Gasteiger partial charge in [0.2, 0.25) is 20.0 Å². The van der Waals surface area contributed by atoms with Crippen molar-refractivity contribution < 1.29 is 65.5 Å². The van der Waals surface area contributed by atoms with Crippen molar-refractivity contribution in [2.45, 2.75) is 48.7 Å². The number of hydrogen-bond donors (Lipinski definition) is 5. The van der Waals surface area contributed by atoms with Crippen molar-refractivity contribution in [3.8, 4) is 34.1 Å². The Morgan fingerprint density at radius 2 is 0.958 bits per heavy atom. The fourth-order valence-corrected chi connectivity index (χ4v) is 8.12. The van der Waals surface area contributed by atoms with Crippen LogP contribution in [0, 0.1) is 0 Å². The van der Waals surface area contributed by atoms with Gasteiger partial charge in [0, 0.05) is 28.3 Å². The Morgan fingerprint density at radius 1 is 0.549 bits per heavy atom. The van der Waals surface area contributed by atoms with Gasteiger partial charge >= 0.3 is 17.9 Å². The highest BCUT2D eigenvalue weighted by atomic mass is 32.2. The quantitative estimate of drug-likeness (QED) is 0.0140. The normalized spacial score (nSPS) is 11.7. The number of esters is 3. The van der Waals surface area contributed by atoms with Crippen molar-refractivity contribution >= 4 is 60.7 Å². The van der Waals surface area contributed by atoms with Crippen LogP contribution in [0.5, 0.6) is 23.0 Å². The van der Waals surface area contributed by atoms with E-state index in [0.29, 0.717) is 19.0 Å². The highest BCUT2D eigenvalue weighted by Crippen LogP contribution is 2.37. The van der Waals surface area contributed by atoms with Gasteiger partial charge in [-0.25, -0.2) is 41.5 Å². The summed E-state index contributed by atoms with van der Waals surface area (Å²) in [4.78, 5) is 35.6. The second-order valence-corrected chi connectivity index (χ2v) is 18.3. The molecular weight excluding hydrogens is 961 g/mol. The number of nitrogens with zero attached hydrogens (tertiary/aromatic N) is 4. The summed E-state index contributed by atoms with van der Waals surface area (Å²) < 4.78 is 73.4. The average Bonchev–Trinajstić information content (AvgIpc) is 3.36. The van der Waals surface area contributed by atoms with Crippen LogP contribution in [0.2, 0.25) is 0 Å². The fourth-order valence-electron chi connectivity index (χ4n) is 6.58. The van der Waals surface area contributed by atoms with Crippen molar-refractivity contribution in [3.05, 3.63) is 156 Å². The molecule has 0 saturated heterocycles.